The quantitative estimate of drug-likeness (QED) is 0.339. The fraction of sp³-hybridized carbons (Fsp3) is 0.192. The van der Waals surface area contributed by atoms with E-state index in [2.05, 4.69) is 10.6 Å². The van der Waals surface area contributed by atoms with Gasteiger partial charge in [-0.1, -0.05) is 48.0 Å². The van der Waals surface area contributed by atoms with Crippen LogP contribution in [0.3, 0.4) is 0 Å². The van der Waals surface area contributed by atoms with Gasteiger partial charge < -0.3 is 16.4 Å². The number of benzene rings is 3. The van der Waals surface area contributed by atoms with E-state index in [1.54, 1.807) is 25.2 Å². The fourth-order valence-electron chi connectivity index (χ4n) is 3.41. The van der Waals surface area contributed by atoms with Gasteiger partial charge in [-0.15, -0.1) is 0 Å². The number of halogens is 1. The number of nitrogens with two attached hydrogens (primary N) is 1. The highest BCUT2D eigenvalue weighted by Gasteiger charge is 2.19. The number of rotatable bonds is 7. The molecule has 3 aromatic rings. The van der Waals surface area contributed by atoms with E-state index in [0.717, 1.165) is 22.3 Å². The third-order valence-electron chi connectivity index (χ3n) is 5.29. The zero-order valence-electron chi connectivity index (χ0n) is 18.9. The second kappa shape index (κ2) is 10.8. The monoisotopic (exact) mass is 462 g/mol. The molecule has 0 aliphatic carbocycles. The lowest BCUT2D eigenvalue weighted by molar-refractivity contribution is -0.118. The number of amides is 2. The standard InChI is InChI=1S/C26H27ClN4O2/c1-16-8-11-20(28)15-22(16)25(18-9-12-21(13-10-18)30-26(33)29-3)31-24(17(2)32)14-19-6-4-5-7-23(19)27/h4-13,15,24H,14,28H2,1-3H3,(H2,29,30,33). The van der Waals surface area contributed by atoms with Crippen LogP contribution in [0.25, 0.3) is 0 Å². The van der Waals surface area contributed by atoms with Crippen molar-refractivity contribution in [2.24, 2.45) is 4.99 Å². The van der Waals surface area contributed by atoms with Crippen molar-refractivity contribution in [3.05, 3.63) is 94.0 Å². The molecule has 3 aromatic carbocycles. The van der Waals surface area contributed by atoms with E-state index in [-0.39, 0.29) is 11.8 Å². The number of hydrogen-bond acceptors (Lipinski definition) is 4. The van der Waals surface area contributed by atoms with Crippen LogP contribution < -0.4 is 16.4 Å². The maximum Gasteiger partial charge on any atom is 0.318 e. The number of carbonyl (C=O) groups excluding carboxylic acids is 2. The third-order valence-corrected chi connectivity index (χ3v) is 5.65. The Morgan fingerprint density at radius 3 is 2.39 bits per heavy atom. The van der Waals surface area contributed by atoms with E-state index in [1.165, 1.54) is 6.92 Å². The van der Waals surface area contributed by atoms with Gasteiger partial charge in [-0.2, -0.15) is 0 Å². The molecule has 1 atom stereocenters. The van der Waals surface area contributed by atoms with Gasteiger partial charge in [0.2, 0.25) is 0 Å². The molecular formula is C26H27ClN4O2. The molecule has 4 N–H and O–H groups in total. The highest BCUT2D eigenvalue weighted by Crippen LogP contribution is 2.23. The molecule has 0 spiro atoms. The van der Waals surface area contributed by atoms with Gasteiger partial charge in [0.05, 0.1) is 5.71 Å². The summed E-state index contributed by atoms with van der Waals surface area (Å²) in [4.78, 5) is 29.1. The summed E-state index contributed by atoms with van der Waals surface area (Å²) >= 11 is 6.34. The van der Waals surface area contributed by atoms with E-state index < -0.39 is 6.04 Å². The Hall–Kier alpha value is -3.64. The van der Waals surface area contributed by atoms with E-state index in [9.17, 15) is 9.59 Å². The summed E-state index contributed by atoms with van der Waals surface area (Å²) < 4.78 is 0. The molecule has 33 heavy (non-hydrogen) atoms. The average Bonchev–Trinajstić information content (AvgIpc) is 2.80. The molecule has 1 unspecified atom stereocenters. The molecule has 0 aliphatic rings. The Kier molecular flexibility index (Phi) is 7.85. The summed E-state index contributed by atoms with van der Waals surface area (Å²) in [6.07, 6.45) is 0.385. The van der Waals surface area contributed by atoms with Gasteiger partial charge in [-0.3, -0.25) is 9.79 Å². The number of aryl methyl sites for hydroxylation is 1. The number of urea groups is 1. The maximum atomic E-state index is 12.6. The predicted octanol–water partition coefficient (Wildman–Crippen LogP) is 5.02. The van der Waals surface area contributed by atoms with Crippen molar-refractivity contribution < 1.29 is 9.59 Å². The van der Waals surface area contributed by atoms with E-state index in [0.29, 0.717) is 28.5 Å². The first-order valence-corrected chi connectivity index (χ1v) is 10.9. The first-order valence-electron chi connectivity index (χ1n) is 10.6. The third kappa shape index (κ3) is 6.20. The average molecular weight is 463 g/mol. The van der Waals surface area contributed by atoms with Crippen LogP contribution in [-0.4, -0.2) is 30.6 Å². The highest BCUT2D eigenvalue weighted by molar-refractivity contribution is 6.31. The zero-order valence-corrected chi connectivity index (χ0v) is 19.6. The summed E-state index contributed by atoms with van der Waals surface area (Å²) in [6.45, 7) is 3.51. The minimum Gasteiger partial charge on any atom is -0.399 e. The Labute approximate surface area is 198 Å². The van der Waals surface area contributed by atoms with Gasteiger partial charge >= 0.3 is 6.03 Å². The van der Waals surface area contributed by atoms with Gasteiger partial charge in [0.25, 0.3) is 0 Å². The number of hydrogen-bond donors (Lipinski definition) is 3. The summed E-state index contributed by atoms with van der Waals surface area (Å²) in [5, 5.41) is 5.86. The lowest BCUT2D eigenvalue weighted by Gasteiger charge is -2.17. The molecule has 0 aromatic heterocycles. The fourth-order valence-corrected chi connectivity index (χ4v) is 3.62. The van der Waals surface area contributed by atoms with E-state index >= 15 is 0 Å². The molecule has 6 nitrogen and oxygen atoms in total. The molecule has 0 heterocycles. The number of anilines is 2. The number of nitrogens with zero attached hydrogens (tertiary/aromatic N) is 1. The van der Waals surface area contributed by atoms with Gasteiger partial charge in [0, 0.05) is 41.0 Å². The first-order chi connectivity index (χ1) is 15.8. The Morgan fingerprint density at radius 1 is 1.06 bits per heavy atom. The van der Waals surface area contributed by atoms with E-state index in [1.807, 2.05) is 55.5 Å². The maximum absolute atomic E-state index is 12.6. The number of ketones is 1. The van der Waals surface area contributed by atoms with Crippen molar-refractivity contribution in [1.82, 2.24) is 5.32 Å². The molecule has 0 radical (unpaired) electrons. The molecule has 3 rings (SSSR count). The van der Waals surface area contributed by atoms with Crippen LogP contribution in [0, 0.1) is 6.92 Å². The number of carbonyl (C=O) groups is 2. The van der Waals surface area contributed by atoms with Crippen LogP contribution in [0.15, 0.2) is 71.7 Å². The summed E-state index contributed by atoms with van der Waals surface area (Å²) in [6, 6.07) is 19.4. The van der Waals surface area contributed by atoms with Crippen molar-refractivity contribution in [2.75, 3.05) is 18.1 Å². The highest BCUT2D eigenvalue weighted by atomic mass is 35.5. The van der Waals surface area contributed by atoms with Crippen LogP contribution in [0.2, 0.25) is 5.02 Å². The first kappa shape index (κ1) is 24.0. The lowest BCUT2D eigenvalue weighted by atomic mass is 9.96. The van der Waals surface area contributed by atoms with E-state index in [4.69, 9.17) is 22.3 Å². The predicted molar refractivity (Wildman–Crippen MR) is 135 cm³/mol. The summed E-state index contributed by atoms with van der Waals surface area (Å²) in [5.41, 5.74) is 11.5. The molecule has 0 bridgehead atoms. The van der Waals surface area contributed by atoms with Gasteiger partial charge in [-0.25, -0.2) is 4.79 Å². The van der Waals surface area contributed by atoms with Crippen molar-refractivity contribution in [3.63, 3.8) is 0 Å². The Bertz CT molecular complexity index is 1190. The van der Waals surface area contributed by atoms with Crippen molar-refractivity contribution in [2.45, 2.75) is 26.3 Å². The molecule has 0 aliphatic heterocycles. The molecule has 0 fully saturated rings. The second-order valence-electron chi connectivity index (χ2n) is 7.76. The second-order valence-corrected chi connectivity index (χ2v) is 8.16. The van der Waals surface area contributed by atoms with Crippen LogP contribution in [-0.2, 0) is 11.2 Å². The molecule has 0 saturated carbocycles. The number of nitrogen functional groups attached to an aromatic ring is 1. The summed E-state index contributed by atoms with van der Waals surface area (Å²) in [7, 11) is 1.55. The largest absolute Gasteiger partial charge is 0.399 e. The SMILES string of the molecule is CNC(=O)Nc1ccc(C(=NC(Cc2ccccc2Cl)C(C)=O)c2cc(N)ccc2C)cc1. The zero-order chi connectivity index (χ0) is 24.0. The molecule has 7 heteroatoms. The number of Topliss-reactive ketones (excluding diaryl/α,β-unsaturated/α-hetero) is 1. The van der Waals surface area contributed by atoms with Gasteiger partial charge in [-0.05, 0) is 55.3 Å². The summed E-state index contributed by atoms with van der Waals surface area (Å²) in [5.74, 6) is -0.0631. The van der Waals surface area contributed by atoms with Crippen LogP contribution in [0.4, 0.5) is 16.2 Å². The molecule has 170 valence electrons. The minimum atomic E-state index is -0.621. The van der Waals surface area contributed by atoms with Crippen LogP contribution >= 0.6 is 11.6 Å². The Morgan fingerprint density at radius 2 is 1.76 bits per heavy atom. The van der Waals surface area contributed by atoms with Crippen molar-refractivity contribution in [1.29, 1.82) is 0 Å². The molecular weight excluding hydrogens is 436 g/mol. The van der Waals surface area contributed by atoms with Crippen LogP contribution in [0.5, 0.6) is 0 Å². The van der Waals surface area contributed by atoms with Crippen molar-refractivity contribution in [3.8, 4) is 0 Å². The van der Waals surface area contributed by atoms with Gasteiger partial charge in [0.15, 0.2) is 5.78 Å². The Balaban J connectivity index is 2.08. The topological polar surface area (TPSA) is 96.6 Å². The minimum absolute atomic E-state index is 0.0631. The van der Waals surface area contributed by atoms with Crippen LogP contribution in [0.1, 0.15) is 29.2 Å². The number of nitrogens with one attached hydrogen (secondary N) is 2. The molecule has 0 saturated heterocycles. The van der Waals surface area contributed by atoms with Gasteiger partial charge in [0.1, 0.15) is 6.04 Å². The smallest absolute Gasteiger partial charge is 0.318 e. The van der Waals surface area contributed by atoms with Crippen molar-refractivity contribution >= 4 is 40.5 Å². The number of aliphatic imine (C=N–C) groups is 1. The lowest BCUT2D eigenvalue weighted by Crippen LogP contribution is -2.24. The normalized spacial score (nSPS) is 12.2. The molecule has 2 amide bonds.